The molecule has 0 aliphatic rings. The van der Waals surface area contributed by atoms with Crippen molar-refractivity contribution in [1.82, 2.24) is 5.32 Å². The van der Waals surface area contributed by atoms with E-state index in [4.69, 9.17) is 0 Å². The van der Waals surface area contributed by atoms with Crippen LogP contribution in [0.15, 0.2) is 0 Å². The Labute approximate surface area is 112 Å². The van der Waals surface area contributed by atoms with E-state index >= 15 is 0 Å². The highest BCUT2D eigenvalue weighted by molar-refractivity contribution is 5.67. The first kappa shape index (κ1) is 18.1. The molecule has 0 spiro atoms. The first-order valence-corrected chi connectivity index (χ1v) is 6.93. The lowest BCUT2D eigenvalue weighted by Crippen LogP contribution is -2.29. The summed E-state index contributed by atoms with van der Waals surface area (Å²) in [6.45, 7) is 1.01. The summed E-state index contributed by atoms with van der Waals surface area (Å²) in [5.41, 5.74) is 0. The van der Waals surface area contributed by atoms with Crippen LogP contribution >= 0.6 is 0 Å². The maximum absolute atomic E-state index is 11.7. The molecule has 19 heavy (non-hydrogen) atoms. The highest BCUT2D eigenvalue weighted by Gasteiger charge is 2.29. The number of hydrogen-bond donors (Lipinski definition) is 1. The first-order chi connectivity index (χ1) is 8.95. The van der Waals surface area contributed by atoms with Crippen molar-refractivity contribution in [1.29, 1.82) is 0 Å². The molecule has 0 aliphatic carbocycles. The Morgan fingerprint density at radius 3 is 2.05 bits per heavy atom. The number of hydrogen-bond acceptors (Lipinski definition) is 2. The fraction of sp³-hybridized carbons (Fsp3) is 0.923. The Morgan fingerprint density at radius 1 is 1.00 bits per heavy atom. The van der Waals surface area contributed by atoms with Crippen molar-refractivity contribution in [3.8, 4) is 0 Å². The third kappa shape index (κ3) is 15.0. The number of halogens is 3. The molecule has 3 nitrogen and oxygen atoms in total. The predicted molar refractivity (Wildman–Crippen MR) is 68.0 cm³/mol. The van der Waals surface area contributed by atoms with E-state index in [0.717, 1.165) is 19.3 Å². The van der Waals surface area contributed by atoms with Crippen LogP contribution in [0.25, 0.3) is 0 Å². The second kappa shape index (κ2) is 10.9. The van der Waals surface area contributed by atoms with Crippen molar-refractivity contribution in [3.63, 3.8) is 0 Å². The number of amides is 1. The van der Waals surface area contributed by atoms with Crippen LogP contribution in [0.2, 0.25) is 0 Å². The minimum Gasteiger partial charge on any atom is -0.440 e. The number of alkyl carbamates (subject to hydrolysis) is 1. The molecule has 0 saturated heterocycles. The summed E-state index contributed by atoms with van der Waals surface area (Å²) in [5, 5.41) is 2.31. The summed E-state index contributed by atoms with van der Waals surface area (Å²) in [6.07, 6.45) is 3.56. The second-order valence-corrected chi connectivity index (χ2v) is 4.59. The lowest BCUT2D eigenvalue weighted by atomic mass is 10.1. The zero-order valence-electron chi connectivity index (χ0n) is 11.5. The van der Waals surface area contributed by atoms with Crippen LogP contribution in [0.5, 0.6) is 0 Å². The average molecular weight is 283 g/mol. The van der Waals surface area contributed by atoms with Gasteiger partial charge in [0.05, 0.1) is 0 Å². The molecule has 0 aromatic heterocycles. The van der Waals surface area contributed by atoms with Crippen LogP contribution in [0.3, 0.4) is 0 Å². The second-order valence-electron chi connectivity index (χ2n) is 4.59. The van der Waals surface area contributed by atoms with E-state index in [1.54, 1.807) is 0 Å². The standard InChI is InChI=1S/C13H24F3NO2/c1-2-3-4-5-6-7-8-9-10-17-12(18)19-11-13(14,15)16/h2-11H2,1H3,(H,17,18). The fourth-order valence-electron chi connectivity index (χ4n) is 1.65. The molecular formula is C13H24F3NO2. The van der Waals surface area contributed by atoms with Crippen LogP contribution in [-0.2, 0) is 4.74 Å². The largest absolute Gasteiger partial charge is 0.440 e. The first-order valence-electron chi connectivity index (χ1n) is 6.93. The number of ether oxygens (including phenoxy) is 1. The maximum Gasteiger partial charge on any atom is 0.422 e. The number of rotatable bonds is 10. The van der Waals surface area contributed by atoms with E-state index in [9.17, 15) is 18.0 Å². The van der Waals surface area contributed by atoms with Crippen molar-refractivity contribution >= 4 is 6.09 Å². The minimum absolute atomic E-state index is 0.367. The summed E-state index contributed by atoms with van der Waals surface area (Å²) in [4.78, 5) is 10.9. The van der Waals surface area contributed by atoms with Crippen molar-refractivity contribution < 1.29 is 22.7 Å². The van der Waals surface area contributed by atoms with Gasteiger partial charge in [0.25, 0.3) is 0 Å². The summed E-state index contributed by atoms with van der Waals surface area (Å²) in [5.74, 6) is 0. The lowest BCUT2D eigenvalue weighted by molar-refractivity contribution is -0.160. The van der Waals surface area contributed by atoms with Crippen LogP contribution in [0, 0.1) is 0 Å². The third-order valence-corrected chi connectivity index (χ3v) is 2.67. The van der Waals surface area contributed by atoms with Crippen LogP contribution in [-0.4, -0.2) is 25.4 Å². The fourth-order valence-corrected chi connectivity index (χ4v) is 1.65. The molecule has 1 amide bonds. The van der Waals surface area contributed by atoms with Gasteiger partial charge in [-0.25, -0.2) is 4.79 Å². The topological polar surface area (TPSA) is 38.3 Å². The van der Waals surface area contributed by atoms with E-state index in [0.29, 0.717) is 6.54 Å². The van der Waals surface area contributed by atoms with Gasteiger partial charge in [-0.3, -0.25) is 0 Å². The van der Waals surface area contributed by atoms with Gasteiger partial charge < -0.3 is 10.1 Å². The van der Waals surface area contributed by atoms with Gasteiger partial charge in [-0.05, 0) is 6.42 Å². The molecule has 0 atom stereocenters. The summed E-state index contributed by atoms with van der Waals surface area (Å²) >= 11 is 0. The molecule has 0 unspecified atom stereocenters. The van der Waals surface area contributed by atoms with Crippen molar-refractivity contribution in [2.75, 3.05) is 13.2 Å². The molecule has 1 N–H and O–H groups in total. The SMILES string of the molecule is CCCCCCCCCCNC(=O)OCC(F)(F)F. The molecule has 0 saturated carbocycles. The van der Waals surface area contributed by atoms with E-state index in [-0.39, 0.29) is 0 Å². The number of alkyl halides is 3. The zero-order chi connectivity index (χ0) is 14.6. The Bertz CT molecular complexity index is 232. The van der Waals surface area contributed by atoms with Gasteiger partial charge in [-0.15, -0.1) is 0 Å². The van der Waals surface area contributed by atoms with Gasteiger partial charge in [-0.2, -0.15) is 13.2 Å². The normalized spacial score (nSPS) is 11.4. The van der Waals surface area contributed by atoms with Crippen LogP contribution < -0.4 is 5.32 Å². The monoisotopic (exact) mass is 283 g/mol. The van der Waals surface area contributed by atoms with Crippen molar-refractivity contribution in [2.24, 2.45) is 0 Å². The molecule has 0 aliphatic heterocycles. The lowest BCUT2D eigenvalue weighted by Gasteiger charge is -2.08. The molecule has 0 fully saturated rings. The van der Waals surface area contributed by atoms with Gasteiger partial charge >= 0.3 is 12.3 Å². The number of carbonyl (C=O) groups excluding carboxylic acids is 1. The Hall–Kier alpha value is -0.940. The third-order valence-electron chi connectivity index (χ3n) is 2.67. The molecule has 0 radical (unpaired) electrons. The molecular weight excluding hydrogens is 259 g/mol. The van der Waals surface area contributed by atoms with E-state index < -0.39 is 18.9 Å². The highest BCUT2D eigenvalue weighted by atomic mass is 19.4. The highest BCUT2D eigenvalue weighted by Crippen LogP contribution is 2.14. The summed E-state index contributed by atoms with van der Waals surface area (Å²) < 4.78 is 39.2. The number of unbranched alkanes of at least 4 members (excludes halogenated alkanes) is 7. The quantitative estimate of drug-likeness (QED) is 0.603. The molecule has 0 aromatic rings. The van der Waals surface area contributed by atoms with Gasteiger partial charge in [0, 0.05) is 6.54 Å². The Morgan fingerprint density at radius 2 is 1.53 bits per heavy atom. The minimum atomic E-state index is -4.46. The van der Waals surface area contributed by atoms with Crippen molar-refractivity contribution in [3.05, 3.63) is 0 Å². The molecule has 6 heteroatoms. The van der Waals surface area contributed by atoms with Crippen LogP contribution in [0.1, 0.15) is 58.3 Å². The predicted octanol–water partition coefficient (Wildman–Crippen LogP) is 4.42. The smallest absolute Gasteiger partial charge is 0.422 e. The van der Waals surface area contributed by atoms with Gasteiger partial charge in [-0.1, -0.05) is 51.9 Å². The number of carbonyl (C=O) groups is 1. The molecule has 0 bridgehead atoms. The maximum atomic E-state index is 11.7. The van der Waals surface area contributed by atoms with Crippen molar-refractivity contribution in [2.45, 2.75) is 64.5 Å². The average Bonchev–Trinajstić information content (AvgIpc) is 2.33. The van der Waals surface area contributed by atoms with Gasteiger partial charge in [0.2, 0.25) is 0 Å². The van der Waals surface area contributed by atoms with E-state index in [1.165, 1.54) is 32.1 Å². The molecule has 0 rings (SSSR count). The zero-order valence-corrected chi connectivity index (χ0v) is 11.5. The van der Waals surface area contributed by atoms with Crippen LogP contribution in [0.4, 0.5) is 18.0 Å². The summed E-state index contributed by atoms with van der Waals surface area (Å²) in [7, 11) is 0. The number of nitrogens with one attached hydrogen (secondary N) is 1. The molecule has 114 valence electrons. The molecule has 0 aromatic carbocycles. The summed E-state index contributed by atoms with van der Waals surface area (Å²) in [6, 6.07) is 0. The van der Waals surface area contributed by atoms with Gasteiger partial charge in [0.1, 0.15) is 0 Å². The van der Waals surface area contributed by atoms with E-state index in [1.807, 2.05) is 0 Å². The Balaban J connectivity index is 3.23. The van der Waals surface area contributed by atoms with E-state index in [2.05, 4.69) is 17.0 Å². The van der Waals surface area contributed by atoms with Gasteiger partial charge in [0.15, 0.2) is 6.61 Å². The Kier molecular flexibility index (Phi) is 10.4. The molecule has 0 heterocycles.